The number of rotatable bonds is 4. The van der Waals surface area contributed by atoms with E-state index >= 15 is 0 Å². The van der Waals surface area contributed by atoms with Gasteiger partial charge in [0.15, 0.2) is 0 Å². The molecule has 2 N–H and O–H groups in total. The van der Waals surface area contributed by atoms with Crippen LogP contribution in [0.25, 0.3) is 0 Å². The normalized spacial score (nSPS) is 10.6. The van der Waals surface area contributed by atoms with E-state index in [9.17, 15) is 4.39 Å². The first kappa shape index (κ1) is 13.1. The Kier molecular flexibility index (Phi) is 4.39. The molecule has 2 aromatic carbocycles. The summed E-state index contributed by atoms with van der Waals surface area (Å²) < 4.78 is 13.9. The van der Waals surface area contributed by atoms with Crippen LogP contribution >= 0.6 is 11.8 Å². The molecule has 0 aliphatic carbocycles. The van der Waals surface area contributed by atoms with Crippen LogP contribution in [0.4, 0.5) is 4.39 Å². The van der Waals surface area contributed by atoms with Crippen LogP contribution in [-0.2, 0) is 6.42 Å². The molecule has 0 amide bonds. The molecule has 2 rings (SSSR count). The highest BCUT2D eigenvalue weighted by Crippen LogP contribution is 2.33. The molecule has 0 spiro atoms. The summed E-state index contributed by atoms with van der Waals surface area (Å²) in [5.41, 5.74) is 7.72. The van der Waals surface area contributed by atoms with Gasteiger partial charge in [-0.15, -0.1) is 0 Å². The molecule has 94 valence electrons. The summed E-state index contributed by atoms with van der Waals surface area (Å²) in [5.74, 6) is -0.174. The van der Waals surface area contributed by atoms with E-state index < -0.39 is 0 Å². The number of aryl methyl sites for hydroxylation is 1. The van der Waals surface area contributed by atoms with Gasteiger partial charge < -0.3 is 5.73 Å². The van der Waals surface area contributed by atoms with Crippen LogP contribution in [0, 0.1) is 12.7 Å². The van der Waals surface area contributed by atoms with Crippen molar-refractivity contribution in [3.05, 3.63) is 59.4 Å². The molecular weight excluding hydrogens is 245 g/mol. The molecule has 0 atom stereocenters. The Morgan fingerprint density at radius 1 is 1.17 bits per heavy atom. The highest BCUT2D eigenvalue weighted by Gasteiger charge is 2.09. The van der Waals surface area contributed by atoms with Gasteiger partial charge in [-0.2, -0.15) is 0 Å². The van der Waals surface area contributed by atoms with Crippen molar-refractivity contribution in [2.75, 3.05) is 6.54 Å². The lowest BCUT2D eigenvalue weighted by Gasteiger charge is -2.09. The predicted octanol–water partition coefficient (Wildman–Crippen LogP) is 3.79. The van der Waals surface area contributed by atoms with Crippen molar-refractivity contribution in [2.45, 2.75) is 23.1 Å². The lowest BCUT2D eigenvalue weighted by atomic mass is 10.1. The maximum atomic E-state index is 13.9. The van der Waals surface area contributed by atoms with E-state index in [1.807, 2.05) is 31.2 Å². The second-order valence-electron chi connectivity index (χ2n) is 4.19. The van der Waals surface area contributed by atoms with E-state index in [1.54, 1.807) is 6.07 Å². The minimum absolute atomic E-state index is 0.174. The van der Waals surface area contributed by atoms with E-state index in [1.165, 1.54) is 23.4 Å². The second-order valence-corrected chi connectivity index (χ2v) is 5.27. The van der Waals surface area contributed by atoms with Crippen molar-refractivity contribution < 1.29 is 4.39 Å². The summed E-state index contributed by atoms with van der Waals surface area (Å²) in [6.45, 7) is 2.57. The lowest BCUT2D eigenvalue weighted by Crippen LogP contribution is -2.04. The molecule has 0 fully saturated rings. The molecule has 0 aromatic heterocycles. The van der Waals surface area contributed by atoms with Crippen LogP contribution in [0.2, 0.25) is 0 Å². The summed E-state index contributed by atoms with van der Waals surface area (Å²) in [6.07, 6.45) is 0.700. The molecule has 0 aliphatic rings. The highest BCUT2D eigenvalue weighted by molar-refractivity contribution is 7.99. The summed E-state index contributed by atoms with van der Waals surface area (Å²) in [5, 5.41) is 0. The number of benzene rings is 2. The fraction of sp³-hybridized carbons (Fsp3) is 0.200. The van der Waals surface area contributed by atoms with Gasteiger partial charge in [-0.25, -0.2) is 4.39 Å². The van der Waals surface area contributed by atoms with Gasteiger partial charge in [0.2, 0.25) is 0 Å². The number of halogens is 1. The van der Waals surface area contributed by atoms with Crippen molar-refractivity contribution >= 4 is 11.8 Å². The van der Waals surface area contributed by atoms with Crippen molar-refractivity contribution in [2.24, 2.45) is 5.73 Å². The fourth-order valence-electron chi connectivity index (χ4n) is 1.82. The van der Waals surface area contributed by atoms with Crippen LogP contribution in [-0.4, -0.2) is 6.54 Å². The van der Waals surface area contributed by atoms with Crippen LogP contribution in [0.15, 0.2) is 52.3 Å². The molecular formula is C15H16FNS. The van der Waals surface area contributed by atoms with Gasteiger partial charge in [0.1, 0.15) is 5.82 Å². The third-order valence-electron chi connectivity index (χ3n) is 2.67. The molecule has 0 unspecified atom stereocenters. The minimum Gasteiger partial charge on any atom is -0.330 e. The zero-order valence-electron chi connectivity index (χ0n) is 10.3. The SMILES string of the molecule is Cc1cccc(Sc2c(F)cccc2CCN)c1. The third-order valence-corrected chi connectivity index (χ3v) is 3.82. The van der Waals surface area contributed by atoms with Gasteiger partial charge in [-0.05, 0) is 43.7 Å². The summed E-state index contributed by atoms with van der Waals surface area (Å²) in [4.78, 5) is 1.74. The van der Waals surface area contributed by atoms with Gasteiger partial charge in [0, 0.05) is 4.90 Å². The molecule has 2 aromatic rings. The molecule has 0 heterocycles. The first-order valence-electron chi connectivity index (χ1n) is 5.92. The average molecular weight is 261 g/mol. The van der Waals surface area contributed by atoms with Crippen LogP contribution in [0.3, 0.4) is 0 Å². The van der Waals surface area contributed by atoms with Crippen molar-refractivity contribution in [1.82, 2.24) is 0 Å². The van der Waals surface area contributed by atoms with Gasteiger partial charge in [-0.3, -0.25) is 0 Å². The molecule has 0 saturated heterocycles. The Labute approximate surface area is 111 Å². The quantitative estimate of drug-likeness (QED) is 0.906. The van der Waals surface area contributed by atoms with E-state index in [-0.39, 0.29) is 5.82 Å². The van der Waals surface area contributed by atoms with E-state index in [2.05, 4.69) is 6.07 Å². The molecule has 0 bridgehead atoms. The summed E-state index contributed by atoms with van der Waals surface area (Å²) in [6, 6.07) is 13.2. The number of hydrogen-bond acceptors (Lipinski definition) is 2. The number of nitrogens with two attached hydrogens (primary N) is 1. The first-order valence-corrected chi connectivity index (χ1v) is 6.74. The van der Waals surface area contributed by atoms with Crippen LogP contribution < -0.4 is 5.73 Å². The zero-order chi connectivity index (χ0) is 13.0. The molecule has 1 nitrogen and oxygen atoms in total. The third kappa shape index (κ3) is 3.12. The Hall–Kier alpha value is -1.32. The van der Waals surface area contributed by atoms with E-state index in [0.29, 0.717) is 17.9 Å². The van der Waals surface area contributed by atoms with Crippen molar-refractivity contribution in [1.29, 1.82) is 0 Å². The van der Waals surface area contributed by atoms with Crippen molar-refractivity contribution in [3.8, 4) is 0 Å². The predicted molar refractivity (Wildman–Crippen MR) is 74.5 cm³/mol. The molecule has 0 radical (unpaired) electrons. The Balaban J connectivity index is 2.33. The monoisotopic (exact) mass is 261 g/mol. The molecule has 3 heteroatoms. The number of hydrogen-bond donors (Lipinski definition) is 1. The topological polar surface area (TPSA) is 26.0 Å². The smallest absolute Gasteiger partial charge is 0.137 e. The Morgan fingerprint density at radius 3 is 2.67 bits per heavy atom. The summed E-state index contributed by atoms with van der Waals surface area (Å²) in [7, 11) is 0. The van der Waals surface area contributed by atoms with E-state index in [4.69, 9.17) is 5.73 Å². The fourth-order valence-corrected chi connectivity index (χ4v) is 2.91. The summed E-state index contributed by atoms with van der Waals surface area (Å²) >= 11 is 1.46. The van der Waals surface area contributed by atoms with E-state index in [0.717, 1.165) is 10.5 Å². The lowest BCUT2D eigenvalue weighted by molar-refractivity contribution is 0.597. The largest absolute Gasteiger partial charge is 0.330 e. The van der Waals surface area contributed by atoms with Gasteiger partial charge >= 0.3 is 0 Å². The maximum Gasteiger partial charge on any atom is 0.137 e. The van der Waals surface area contributed by atoms with Gasteiger partial charge in [0.25, 0.3) is 0 Å². The van der Waals surface area contributed by atoms with Gasteiger partial charge in [0.05, 0.1) is 4.90 Å². The molecule has 18 heavy (non-hydrogen) atoms. The Bertz CT molecular complexity index is 540. The maximum absolute atomic E-state index is 13.9. The van der Waals surface area contributed by atoms with Crippen LogP contribution in [0.5, 0.6) is 0 Å². The van der Waals surface area contributed by atoms with Gasteiger partial charge in [-0.1, -0.05) is 41.6 Å². The average Bonchev–Trinajstić information content (AvgIpc) is 2.34. The second kappa shape index (κ2) is 6.03. The minimum atomic E-state index is -0.174. The first-order chi connectivity index (χ1) is 8.70. The standard InChI is InChI=1S/C15H16FNS/c1-11-4-2-6-13(10-11)18-15-12(8-9-17)5-3-7-14(15)16/h2-7,10H,8-9,17H2,1H3. The van der Waals surface area contributed by atoms with Crippen LogP contribution in [0.1, 0.15) is 11.1 Å². The Morgan fingerprint density at radius 2 is 1.94 bits per heavy atom. The van der Waals surface area contributed by atoms with Crippen molar-refractivity contribution in [3.63, 3.8) is 0 Å². The zero-order valence-corrected chi connectivity index (χ0v) is 11.1. The molecule has 0 aliphatic heterocycles. The molecule has 0 saturated carbocycles. The highest BCUT2D eigenvalue weighted by atomic mass is 32.2.